The van der Waals surface area contributed by atoms with Crippen molar-refractivity contribution in [2.45, 2.75) is 419 Å². The number of aliphatic hydroxyl groups is 1. The smallest absolute Gasteiger partial charge is 0.462 e. The van der Waals surface area contributed by atoms with Gasteiger partial charge in [-0.3, -0.25) is 37.3 Å². The molecule has 0 aliphatic carbocycles. The summed E-state index contributed by atoms with van der Waals surface area (Å²) in [5, 5.41) is 10.6. The van der Waals surface area contributed by atoms with Gasteiger partial charge in [-0.25, -0.2) is 9.13 Å². The minimum Gasteiger partial charge on any atom is -0.462 e. The van der Waals surface area contributed by atoms with Gasteiger partial charge in [0.2, 0.25) is 0 Å². The summed E-state index contributed by atoms with van der Waals surface area (Å²) >= 11 is 0. The zero-order chi connectivity index (χ0) is 69.8. The highest BCUT2D eigenvalue weighted by atomic mass is 31.2. The summed E-state index contributed by atoms with van der Waals surface area (Å²) in [6.45, 7) is 7.27. The van der Waals surface area contributed by atoms with Crippen LogP contribution in [-0.2, 0) is 65.4 Å². The van der Waals surface area contributed by atoms with E-state index in [4.69, 9.17) is 37.0 Å². The lowest BCUT2D eigenvalue weighted by atomic mass is 10.0. The maximum atomic E-state index is 13.1. The summed E-state index contributed by atoms with van der Waals surface area (Å²) < 4.78 is 68.4. The number of phosphoric ester groups is 2. The number of carbonyl (C=O) groups is 4. The third kappa shape index (κ3) is 70.3. The molecule has 0 saturated heterocycles. The van der Waals surface area contributed by atoms with Crippen molar-refractivity contribution in [2.24, 2.45) is 5.92 Å². The lowest BCUT2D eigenvalue weighted by Gasteiger charge is -2.21. The molecule has 0 aromatic carbocycles. The second-order valence-corrected chi connectivity index (χ2v) is 30.8. The van der Waals surface area contributed by atoms with E-state index in [1.165, 1.54) is 212 Å². The zero-order valence-electron chi connectivity index (χ0n) is 61.8. The normalized spacial score (nSPS) is 13.9. The topological polar surface area (TPSA) is 237 Å². The van der Waals surface area contributed by atoms with Gasteiger partial charge in [-0.1, -0.05) is 349 Å². The van der Waals surface area contributed by atoms with Crippen LogP contribution in [0.1, 0.15) is 401 Å². The number of phosphoric acid groups is 2. The maximum absolute atomic E-state index is 13.1. The molecule has 0 aromatic rings. The first-order valence-corrected chi connectivity index (χ1v) is 42.6. The third-order valence-corrected chi connectivity index (χ3v) is 19.7. The summed E-state index contributed by atoms with van der Waals surface area (Å²) in [4.78, 5) is 72.6. The van der Waals surface area contributed by atoms with Gasteiger partial charge in [-0.2, -0.15) is 0 Å². The van der Waals surface area contributed by atoms with Gasteiger partial charge < -0.3 is 33.8 Å². The fraction of sp³-hybridized carbons (Fsp3) is 0.947. The molecule has 2 unspecified atom stereocenters. The molecule has 95 heavy (non-hydrogen) atoms. The monoisotopic (exact) mass is 1400 g/mol. The van der Waals surface area contributed by atoms with E-state index in [2.05, 4.69) is 34.6 Å². The van der Waals surface area contributed by atoms with Crippen LogP contribution in [0.4, 0.5) is 0 Å². The second-order valence-electron chi connectivity index (χ2n) is 27.9. The lowest BCUT2D eigenvalue weighted by Crippen LogP contribution is -2.30. The quantitative estimate of drug-likeness (QED) is 0.0222. The highest BCUT2D eigenvalue weighted by Crippen LogP contribution is 2.45. The number of rotatable bonds is 76. The predicted molar refractivity (Wildman–Crippen MR) is 386 cm³/mol. The van der Waals surface area contributed by atoms with Crippen molar-refractivity contribution in [2.75, 3.05) is 39.6 Å². The van der Waals surface area contributed by atoms with E-state index >= 15 is 0 Å². The Kier molecular flexibility index (Phi) is 67.7. The molecule has 17 nitrogen and oxygen atoms in total. The number of unbranched alkanes of at least 4 members (excludes halogenated alkanes) is 48. The van der Waals surface area contributed by atoms with Crippen molar-refractivity contribution in [1.29, 1.82) is 0 Å². The average Bonchev–Trinajstić information content (AvgIpc) is 1.82. The van der Waals surface area contributed by atoms with Crippen molar-refractivity contribution < 1.29 is 80.2 Å². The van der Waals surface area contributed by atoms with Crippen molar-refractivity contribution in [3.05, 3.63) is 0 Å². The molecule has 0 aliphatic heterocycles. The molecular formula is C76H148O17P2. The van der Waals surface area contributed by atoms with E-state index in [-0.39, 0.29) is 25.7 Å². The molecule has 0 bridgehead atoms. The molecule has 0 heterocycles. The van der Waals surface area contributed by atoms with Gasteiger partial charge in [0.05, 0.1) is 26.4 Å². The third-order valence-electron chi connectivity index (χ3n) is 17.8. The predicted octanol–water partition coefficient (Wildman–Crippen LogP) is 22.5. The van der Waals surface area contributed by atoms with E-state index in [1.54, 1.807) is 0 Å². The van der Waals surface area contributed by atoms with Crippen LogP contribution in [0.15, 0.2) is 0 Å². The van der Waals surface area contributed by atoms with Crippen molar-refractivity contribution in [3.8, 4) is 0 Å². The van der Waals surface area contributed by atoms with Crippen LogP contribution in [0.5, 0.6) is 0 Å². The molecular weight excluding hydrogens is 1250 g/mol. The molecule has 0 fully saturated rings. The fourth-order valence-corrected chi connectivity index (χ4v) is 13.3. The Hall–Kier alpha value is -1.94. The molecule has 19 heteroatoms. The van der Waals surface area contributed by atoms with Crippen LogP contribution in [0.3, 0.4) is 0 Å². The number of ether oxygens (including phenoxy) is 4. The number of hydrogen-bond donors (Lipinski definition) is 3. The van der Waals surface area contributed by atoms with Gasteiger partial charge in [0.15, 0.2) is 12.2 Å². The first-order chi connectivity index (χ1) is 46.0. The number of carbonyl (C=O) groups excluding carboxylic acids is 4. The molecule has 0 saturated carbocycles. The summed E-state index contributed by atoms with van der Waals surface area (Å²) in [5.41, 5.74) is 0. The maximum Gasteiger partial charge on any atom is 0.472 e. The zero-order valence-corrected chi connectivity index (χ0v) is 63.6. The van der Waals surface area contributed by atoms with Crippen LogP contribution in [0.25, 0.3) is 0 Å². The molecule has 0 amide bonds. The minimum atomic E-state index is -4.96. The summed E-state index contributed by atoms with van der Waals surface area (Å²) in [6, 6.07) is 0. The van der Waals surface area contributed by atoms with Gasteiger partial charge in [0.1, 0.15) is 19.3 Å². The fourth-order valence-electron chi connectivity index (χ4n) is 11.7. The molecule has 5 atom stereocenters. The van der Waals surface area contributed by atoms with Crippen LogP contribution < -0.4 is 0 Å². The standard InChI is InChI=1S/C76H148O17P2/c1-6-9-12-15-18-20-22-24-25-26-27-28-29-30-33-38-42-47-52-57-62-76(81)93-72(66-87-74(79)60-55-50-45-40-37-34-31-32-35-39-44-48-53-58-69(4)5)68-91-95(84,85)89-64-70(77)63-88-94(82,83)90-67-71(65-86-73(78)59-54-49-43-17-14-11-8-3)92-75(80)61-56-51-46-41-36-23-21-19-16-13-10-7-2/h69-72,77H,6-68H2,1-5H3,(H,82,83)(H,84,85)/t70-,71+,72+/m0/s1. The highest BCUT2D eigenvalue weighted by molar-refractivity contribution is 7.47. The summed E-state index contributed by atoms with van der Waals surface area (Å²) in [7, 11) is -9.90. The SMILES string of the molecule is CCCCCCCCCCCCCCCCCCCCCCC(=O)O[C@H](COC(=O)CCCCCCCCCCCCCCCC(C)C)COP(=O)(O)OC[C@@H](O)COP(=O)(O)OC[C@@H](COC(=O)CCCCCCCCC)OC(=O)CCCCCCCCCCCCCC. The highest BCUT2D eigenvalue weighted by Gasteiger charge is 2.30. The van der Waals surface area contributed by atoms with E-state index in [9.17, 15) is 43.2 Å². The number of aliphatic hydroxyl groups excluding tert-OH is 1. The van der Waals surface area contributed by atoms with Gasteiger partial charge in [0.25, 0.3) is 0 Å². The lowest BCUT2D eigenvalue weighted by molar-refractivity contribution is -0.161. The Morgan fingerprint density at radius 3 is 0.716 bits per heavy atom. The Morgan fingerprint density at radius 1 is 0.284 bits per heavy atom. The Labute approximate surface area is 581 Å². The largest absolute Gasteiger partial charge is 0.472 e. The molecule has 0 radical (unpaired) electrons. The number of esters is 4. The van der Waals surface area contributed by atoms with Gasteiger partial charge in [-0.15, -0.1) is 0 Å². The average molecular weight is 1400 g/mol. The van der Waals surface area contributed by atoms with E-state index in [1.807, 2.05) is 0 Å². The summed E-state index contributed by atoms with van der Waals surface area (Å²) in [6.07, 6.45) is 58.4. The minimum absolute atomic E-state index is 0.107. The van der Waals surface area contributed by atoms with Crippen LogP contribution in [0, 0.1) is 5.92 Å². The van der Waals surface area contributed by atoms with E-state index < -0.39 is 97.5 Å². The summed E-state index contributed by atoms with van der Waals surface area (Å²) in [5.74, 6) is -1.33. The molecule has 564 valence electrons. The molecule has 0 aromatic heterocycles. The molecule has 0 rings (SSSR count). The van der Waals surface area contributed by atoms with Crippen molar-refractivity contribution in [3.63, 3.8) is 0 Å². The first-order valence-electron chi connectivity index (χ1n) is 39.6. The first kappa shape index (κ1) is 93.1. The molecule has 0 spiro atoms. The van der Waals surface area contributed by atoms with E-state index in [0.29, 0.717) is 25.7 Å². The van der Waals surface area contributed by atoms with Gasteiger partial charge in [-0.05, 0) is 31.6 Å². The number of hydrogen-bond acceptors (Lipinski definition) is 15. The van der Waals surface area contributed by atoms with Crippen LogP contribution in [-0.4, -0.2) is 96.7 Å². The van der Waals surface area contributed by atoms with Crippen LogP contribution in [0.2, 0.25) is 0 Å². The Bertz CT molecular complexity index is 1820. The second kappa shape index (κ2) is 69.2. The molecule has 3 N–H and O–H groups in total. The van der Waals surface area contributed by atoms with Gasteiger partial charge in [0, 0.05) is 25.7 Å². The van der Waals surface area contributed by atoms with E-state index in [0.717, 1.165) is 109 Å². The Morgan fingerprint density at radius 2 is 0.484 bits per heavy atom. The van der Waals surface area contributed by atoms with Crippen molar-refractivity contribution >= 4 is 39.5 Å². The molecule has 0 aliphatic rings. The van der Waals surface area contributed by atoms with Crippen LogP contribution >= 0.6 is 15.6 Å². The van der Waals surface area contributed by atoms with Gasteiger partial charge >= 0.3 is 39.5 Å². The van der Waals surface area contributed by atoms with Crippen molar-refractivity contribution in [1.82, 2.24) is 0 Å². The Balaban J connectivity index is 5.17.